The molecule has 3 aromatic carbocycles. The zero-order valence-corrected chi connectivity index (χ0v) is 16.9. The predicted octanol–water partition coefficient (Wildman–Crippen LogP) is 5.21. The van der Waals surface area contributed by atoms with Gasteiger partial charge >= 0.3 is 0 Å². The summed E-state index contributed by atoms with van der Waals surface area (Å²) < 4.78 is 23.7. The average Bonchev–Trinajstić information content (AvgIpc) is 2.73. The Bertz CT molecular complexity index is 974. The smallest absolute Gasteiger partial charge is 0.253 e. The Morgan fingerprint density at radius 2 is 1.55 bits per heavy atom. The molecule has 0 fully saturated rings. The quantitative estimate of drug-likeness (QED) is 0.578. The monoisotopic (exact) mass is 413 g/mol. The molecule has 0 aliphatic heterocycles. The van der Waals surface area contributed by atoms with Crippen LogP contribution in [0.4, 0.5) is 4.39 Å². The van der Waals surface area contributed by atoms with E-state index in [-0.39, 0.29) is 22.5 Å². The summed E-state index contributed by atoms with van der Waals surface area (Å²) in [4.78, 5) is 12.8. The first kappa shape index (κ1) is 20.7. The molecule has 1 unspecified atom stereocenters. The molecule has 0 aliphatic carbocycles. The normalized spacial score (nSPS) is 11.6. The highest BCUT2D eigenvalue weighted by Crippen LogP contribution is 2.24. The van der Waals surface area contributed by atoms with Crippen molar-refractivity contribution in [1.29, 1.82) is 0 Å². The number of hydrogen-bond donors (Lipinski definition) is 1. The highest BCUT2D eigenvalue weighted by atomic mass is 35.5. The third-order valence-corrected chi connectivity index (χ3v) is 4.91. The molecule has 0 saturated heterocycles. The number of carbonyl (C=O) groups is 1. The Labute approximate surface area is 174 Å². The summed E-state index contributed by atoms with van der Waals surface area (Å²) in [6.07, 6.45) is 0.556. The molecule has 0 radical (unpaired) electrons. The van der Waals surface area contributed by atoms with E-state index in [9.17, 15) is 9.18 Å². The number of hydrogen-bond acceptors (Lipinski definition) is 3. The van der Waals surface area contributed by atoms with Gasteiger partial charge in [-0.15, -0.1) is 0 Å². The summed E-state index contributed by atoms with van der Waals surface area (Å²) in [7, 11) is 3.21. The van der Waals surface area contributed by atoms with Crippen LogP contribution in [0.2, 0.25) is 5.02 Å². The lowest BCUT2D eigenvalue weighted by atomic mass is 9.98. The van der Waals surface area contributed by atoms with Crippen molar-refractivity contribution in [3.8, 4) is 11.5 Å². The zero-order chi connectivity index (χ0) is 20.8. The van der Waals surface area contributed by atoms with E-state index < -0.39 is 5.82 Å². The molecule has 0 aliphatic rings. The minimum atomic E-state index is -0.489. The number of methoxy groups -OCH3 is 2. The van der Waals surface area contributed by atoms with Crippen molar-refractivity contribution in [3.05, 3.63) is 94.3 Å². The number of carbonyl (C=O) groups excluding carboxylic acids is 1. The minimum absolute atomic E-state index is 0.0698. The number of rotatable bonds is 7. The van der Waals surface area contributed by atoms with Gasteiger partial charge in [-0.2, -0.15) is 0 Å². The van der Waals surface area contributed by atoms with Crippen molar-refractivity contribution < 1.29 is 18.7 Å². The van der Waals surface area contributed by atoms with Gasteiger partial charge < -0.3 is 14.8 Å². The van der Waals surface area contributed by atoms with Gasteiger partial charge in [-0.1, -0.05) is 35.9 Å². The summed E-state index contributed by atoms with van der Waals surface area (Å²) in [6.45, 7) is 0. The molecular weight excluding hydrogens is 393 g/mol. The average molecular weight is 414 g/mol. The van der Waals surface area contributed by atoms with Gasteiger partial charge in [0, 0.05) is 0 Å². The van der Waals surface area contributed by atoms with Crippen LogP contribution < -0.4 is 14.8 Å². The molecule has 1 amide bonds. The van der Waals surface area contributed by atoms with E-state index in [1.807, 2.05) is 48.5 Å². The van der Waals surface area contributed by atoms with Gasteiger partial charge in [-0.05, 0) is 60.0 Å². The van der Waals surface area contributed by atoms with Crippen molar-refractivity contribution in [2.24, 2.45) is 0 Å². The third kappa shape index (κ3) is 5.27. The molecule has 3 aromatic rings. The number of amides is 1. The fourth-order valence-corrected chi connectivity index (χ4v) is 3.25. The van der Waals surface area contributed by atoms with Crippen molar-refractivity contribution in [2.75, 3.05) is 14.2 Å². The summed E-state index contributed by atoms with van der Waals surface area (Å²) in [6, 6.07) is 18.5. The summed E-state index contributed by atoms with van der Waals surface area (Å²) >= 11 is 6.06. The van der Waals surface area contributed by atoms with Crippen molar-refractivity contribution >= 4 is 17.5 Å². The van der Waals surface area contributed by atoms with E-state index in [0.29, 0.717) is 6.42 Å². The number of benzene rings is 3. The molecule has 6 heteroatoms. The molecule has 1 N–H and O–H groups in total. The minimum Gasteiger partial charge on any atom is -0.497 e. The second-order valence-corrected chi connectivity index (χ2v) is 6.88. The van der Waals surface area contributed by atoms with E-state index in [0.717, 1.165) is 28.7 Å². The number of ether oxygens (including phenoxy) is 2. The lowest BCUT2D eigenvalue weighted by Crippen LogP contribution is -2.30. The molecule has 3 rings (SSSR count). The van der Waals surface area contributed by atoms with Gasteiger partial charge in [0.15, 0.2) is 0 Å². The maximum atomic E-state index is 13.3. The Morgan fingerprint density at radius 1 is 0.966 bits per heavy atom. The van der Waals surface area contributed by atoms with Crippen LogP contribution in [0.25, 0.3) is 0 Å². The van der Waals surface area contributed by atoms with Gasteiger partial charge in [0.1, 0.15) is 17.3 Å². The Balaban J connectivity index is 1.87. The highest BCUT2D eigenvalue weighted by molar-refractivity contribution is 6.33. The molecular formula is C23H21ClFNO3. The Morgan fingerprint density at radius 3 is 2.10 bits per heavy atom. The van der Waals surface area contributed by atoms with Gasteiger partial charge in [0.05, 0.1) is 30.8 Å². The summed E-state index contributed by atoms with van der Waals surface area (Å²) in [5, 5.41) is 3.08. The molecule has 0 aromatic heterocycles. The van der Waals surface area contributed by atoms with Crippen molar-refractivity contribution in [2.45, 2.75) is 12.5 Å². The summed E-state index contributed by atoms with van der Waals surface area (Å²) in [5.74, 6) is 0.627. The van der Waals surface area contributed by atoms with Crippen LogP contribution in [0.15, 0.2) is 66.7 Å². The maximum absolute atomic E-state index is 13.3. The van der Waals surface area contributed by atoms with Crippen LogP contribution in [0.3, 0.4) is 0 Å². The van der Waals surface area contributed by atoms with Crippen molar-refractivity contribution in [1.82, 2.24) is 5.32 Å². The third-order valence-electron chi connectivity index (χ3n) is 4.60. The Kier molecular flexibility index (Phi) is 6.73. The standard InChI is InChI=1S/C23H21ClFNO3/c1-28-18-8-3-15(4-9-18)13-22(16-5-10-19(29-2)11-6-16)26-23(27)20-12-7-17(25)14-21(20)24/h3-12,14,22H,13H2,1-2H3,(H,26,27). The zero-order valence-electron chi connectivity index (χ0n) is 16.1. The van der Waals surface area contributed by atoms with Gasteiger partial charge in [-0.3, -0.25) is 4.79 Å². The Hall–Kier alpha value is -3.05. The summed E-state index contributed by atoms with van der Waals surface area (Å²) in [5.41, 5.74) is 2.16. The molecule has 1 atom stereocenters. The molecule has 150 valence electrons. The topological polar surface area (TPSA) is 47.6 Å². The first-order valence-electron chi connectivity index (χ1n) is 9.03. The van der Waals surface area contributed by atoms with Crippen LogP contribution >= 0.6 is 11.6 Å². The van der Waals surface area contributed by atoms with E-state index in [1.54, 1.807) is 14.2 Å². The van der Waals surface area contributed by atoms with Gasteiger partial charge in [0.2, 0.25) is 0 Å². The first-order chi connectivity index (χ1) is 14.0. The van der Waals surface area contributed by atoms with E-state index in [4.69, 9.17) is 21.1 Å². The number of nitrogens with one attached hydrogen (secondary N) is 1. The van der Waals surface area contributed by atoms with E-state index >= 15 is 0 Å². The molecule has 29 heavy (non-hydrogen) atoms. The van der Waals surface area contributed by atoms with Crippen LogP contribution in [0.5, 0.6) is 11.5 Å². The lowest BCUT2D eigenvalue weighted by molar-refractivity contribution is 0.0936. The lowest BCUT2D eigenvalue weighted by Gasteiger charge is -2.20. The van der Waals surface area contributed by atoms with E-state index in [2.05, 4.69) is 5.32 Å². The van der Waals surface area contributed by atoms with Crippen LogP contribution in [0, 0.1) is 5.82 Å². The SMILES string of the molecule is COc1ccc(CC(NC(=O)c2ccc(F)cc2Cl)c2ccc(OC)cc2)cc1. The molecule has 4 nitrogen and oxygen atoms in total. The van der Waals surface area contributed by atoms with E-state index in [1.165, 1.54) is 12.1 Å². The first-order valence-corrected chi connectivity index (χ1v) is 9.40. The fourth-order valence-electron chi connectivity index (χ4n) is 3.00. The molecule has 0 saturated carbocycles. The molecule has 0 spiro atoms. The highest BCUT2D eigenvalue weighted by Gasteiger charge is 2.19. The predicted molar refractivity (Wildman–Crippen MR) is 111 cm³/mol. The maximum Gasteiger partial charge on any atom is 0.253 e. The van der Waals surface area contributed by atoms with Gasteiger partial charge in [0.25, 0.3) is 5.91 Å². The van der Waals surface area contributed by atoms with Gasteiger partial charge in [-0.25, -0.2) is 4.39 Å². The van der Waals surface area contributed by atoms with Crippen LogP contribution in [-0.4, -0.2) is 20.1 Å². The largest absolute Gasteiger partial charge is 0.497 e. The number of halogens is 2. The second kappa shape index (κ2) is 9.43. The van der Waals surface area contributed by atoms with Crippen LogP contribution in [-0.2, 0) is 6.42 Å². The fraction of sp³-hybridized carbons (Fsp3) is 0.174. The van der Waals surface area contributed by atoms with Crippen molar-refractivity contribution in [3.63, 3.8) is 0 Å². The second-order valence-electron chi connectivity index (χ2n) is 6.48. The molecule has 0 bridgehead atoms. The van der Waals surface area contributed by atoms with Crippen LogP contribution in [0.1, 0.15) is 27.5 Å². The molecule has 0 heterocycles.